The monoisotopic (exact) mass is 331 g/mol. The molecule has 1 aromatic carbocycles. The first-order chi connectivity index (χ1) is 9.73. The van der Waals surface area contributed by atoms with Crippen molar-refractivity contribution in [3.8, 4) is 0 Å². The number of carboxylic acids is 1. The Bertz CT molecular complexity index is 659. The summed E-state index contributed by atoms with van der Waals surface area (Å²) in [5.41, 5.74) is 0.813. The number of aryl methyl sites for hydroxylation is 1. The van der Waals surface area contributed by atoms with Crippen LogP contribution in [-0.2, 0) is 14.8 Å². The molecular weight excluding hydrogens is 314 g/mol. The van der Waals surface area contributed by atoms with E-state index < -0.39 is 21.9 Å². The number of piperidine rings is 1. The average molecular weight is 332 g/mol. The van der Waals surface area contributed by atoms with Gasteiger partial charge in [0.15, 0.2) is 0 Å². The third-order valence-corrected chi connectivity index (χ3v) is 6.23. The van der Waals surface area contributed by atoms with Gasteiger partial charge in [0.1, 0.15) is 0 Å². The van der Waals surface area contributed by atoms with Crippen molar-refractivity contribution in [2.24, 2.45) is 11.8 Å². The van der Waals surface area contributed by atoms with Gasteiger partial charge in [0, 0.05) is 18.1 Å². The highest BCUT2D eigenvalue weighted by atomic mass is 35.5. The van der Waals surface area contributed by atoms with Crippen molar-refractivity contribution >= 4 is 27.6 Å². The molecule has 1 saturated heterocycles. The van der Waals surface area contributed by atoms with Gasteiger partial charge in [-0.25, -0.2) is 8.42 Å². The van der Waals surface area contributed by atoms with Crippen LogP contribution in [0.2, 0.25) is 5.02 Å². The van der Waals surface area contributed by atoms with E-state index in [0.29, 0.717) is 11.4 Å². The van der Waals surface area contributed by atoms with Crippen LogP contribution >= 0.6 is 11.6 Å². The predicted molar refractivity (Wildman–Crippen MR) is 79.9 cm³/mol. The Labute approximate surface area is 129 Å². The van der Waals surface area contributed by atoms with Crippen LogP contribution in [0.4, 0.5) is 0 Å². The highest BCUT2D eigenvalue weighted by Gasteiger charge is 2.36. The Morgan fingerprint density at radius 2 is 2.10 bits per heavy atom. The van der Waals surface area contributed by atoms with Gasteiger partial charge in [-0.1, -0.05) is 24.6 Å². The molecule has 116 valence electrons. The van der Waals surface area contributed by atoms with Crippen LogP contribution in [0.25, 0.3) is 0 Å². The quantitative estimate of drug-likeness (QED) is 0.922. The number of hydrogen-bond acceptors (Lipinski definition) is 3. The van der Waals surface area contributed by atoms with Gasteiger partial charge in [0.2, 0.25) is 10.0 Å². The Kier molecular flexibility index (Phi) is 4.60. The molecular formula is C14H18ClNO4S. The Morgan fingerprint density at radius 1 is 1.43 bits per heavy atom. The van der Waals surface area contributed by atoms with Gasteiger partial charge in [0.25, 0.3) is 0 Å². The zero-order chi connectivity index (χ0) is 15.8. The summed E-state index contributed by atoms with van der Waals surface area (Å²) in [4.78, 5) is 11.2. The van der Waals surface area contributed by atoms with E-state index in [9.17, 15) is 13.2 Å². The average Bonchev–Trinajstić information content (AvgIpc) is 2.41. The molecule has 5 nitrogen and oxygen atoms in total. The van der Waals surface area contributed by atoms with E-state index in [4.69, 9.17) is 16.7 Å². The minimum atomic E-state index is -3.63. The van der Waals surface area contributed by atoms with Crippen molar-refractivity contribution in [1.29, 1.82) is 0 Å². The van der Waals surface area contributed by atoms with Crippen LogP contribution < -0.4 is 0 Å². The Hall–Kier alpha value is -1.11. The molecule has 1 N–H and O–H groups in total. The van der Waals surface area contributed by atoms with Gasteiger partial charge in [-0.3, -0.25) is 4.79 Å². The fourth-order valence-electron chi connectivity index (χ4n) is 2.58. The van der Waals surface area contributed by atoms with E-state index in [-0.39, 0.29) is 23.9 Å². The molecule has 2 atom stereocenters. The lowest BCUT2D eigenvalue weighted by Gasteiger charge is -2.34. The number of aliphatic carboxylic acids is 1. The summed E-state index contributed by atoms with van der Waals surface area (Å²) in [6.07, 6.45) is 0.329. The van der Waals surface area contributed by atoms with Crippen LogP contribution in [0.15, 0.2) is 23.1 Å². The molecule has 1 aliphatic rings. The lowest BCUT2D eigenvalue weighted by molar-refractivity contribution is -0.144. The molecule has 2 rings (SSSR count). The summed E-state index contributed by atoms with van der Waals surface area (Å²) in [6, 6.07) is 4.65. The number of carboxylic acid groups (broad SMARTS) is 1. The van der Waals surface area contributed by atoms with Gasteiger partial charge in [-0.05, 0) is 37.0 Å². The summed E-state index contributed by atoms with van der Waals surface area (Å²) in [7, 11) is -3.63. The predicted octanol–water partition coefficient (Wildman–Crippen LogP) is 2.38. The largest absolute Gasteiger partial charge is 0.481 e. The zero-order valence-corrected chi connectivity index (χ0v) is 13.5. The summed E-state index contributed by atoms with van der Waals surface area (Å²) in [5.74, 6) is -1.57. The first kappa shape index (κ1) is 16.3. The number of rotatable bonds is 3. The van der Waals surface area contributed by atoms with E-state index >= 15 is 0 Å². The lowest BCUT2D eigenvalue weighted by atomic mass is 9.88. The number of carbonyl (C=O) groups is 1. The molecule has 7 heteroatoms. The number of sulfonamides is 1. The van der Waals surface area contributed by atoms with Gasteiger partial charge in [-0.15, -0.1) is 0 Å². The molecule has 1 heterocycles. The van der Waals surface area contributed by atoms with Crippen LogP contribution in [0.1, 0.15) is 18.9 Å². The molecule has 0 spiro atoms. The summed E-state index contributed by atoms with van der Waals surface area (Å²) < 4.78 is 26.5. The van der Waals surface area contributed by atoms with E-state index in [1.165, 1.54) is 16.4 Å². The molecule has 0 aromatic heterocycles. The van der Waals surface area contributed by atoms with Crippen molar-refractivity contribution in [3.63, 3.8) is 0 Å². The summed E-state index contributed by atoms with van der Waals surface area (Å²) >= 11 is 5.99. The normalized spacial score (nSPS) is 24.0. The van der Waals surface area contributed by atoms with Crippen molar-refractivity contribution in [2.75, 3.05) is 13.1 Å². The molecule has 0 radical (unpaired) electrons. The second kappa shape index (κ2) is 5.94. The molecule has 0 bridgehead atoms. The van der Waals surface area contributed by atoms with Crippen LogP contribution in [0, 0.1) is 18.8 Å². The molecule has 0 saturated carbocycles. The third kappa shape index (κ3) is 3.22. The number of halogens is 1. The Balaban J connectivity index is 2.25. The highest BCUT2D eigenvalue weighted by Crippen LogP contribution is 2.29. The SMILES string of the molecule is Cc1ccc(S(=O)(=O)N2CCC(C(=O)O)C(C)C2)cc1Cl. The van der Waals surface area contributed by atoms with Crippen molar-refractivity contribution in [3.05, 3.63) is 28.8 Å². The smallest absolute Gasteiger partial charge is 0.306 e. The van der Waals surface area contributed by atoms with Gasteiger partial charge < -0.3 is 5.11 Å². The maximum atomic E-state index is 12.6. The van der Waals surface area contributed by atoms with Crippen molar-refractivity contribution in [2.45, 2.75) is 25.2 Å². The van der Waals surface area contributed by atoms with Crippen LogP contribution in [0.5, 0.6) is 0 Å². The molecule has 0 aliphatic carbocycles. The molecule has 1 aromatic rings. The van der Waals surface area contributed by atoms with E-state index in [0.717, 1.165) is 5.56 Å². The molecule has 21 heavy (non-hydrogen) atoms. The number of benzene rings is 1. The Morgan fingerprint density at radius 3 is 2.62 bits per heavy atom. The minimum Gasteiger partial charge on any atom is -0.481 e. The zero-order valence-electron chi connectivity index (χ0n) is 11.9. The van der Waals surface area contributed by atoms with Crippen molar-refractivity contribution in [1.82, 2.24) is 4.31 Å². The second-order valence-corrected chi connectivity index (χ2v) is 7.83. The second-order valence-electron chi connectivity index (χ2n) is 5.48. The molecule has 2 unspecified atom stereocenters. The number of nitrogens with zero attached hydrogens (tertiary/aromatic N) is 1. The summed E-state index contributed by atoms with van der Waals surface area (Å²) in [5, 5.41) is 9.50. The summed E-state index contributed by atoms with van der Waals surface area (Å²) in [6.45, 7) is 4.00. The van der Waals surface area contributed by atoms with Gasteiger partial charge in [-0.2, -0.15) is 4.31 Å². The minimum absolute atomic E-state index is 0.152. The molecule has 1 aliphatic heterocycles. The lowest BCUT2D eigenvalue weighted by Crippen LogP contribution is -2.44. The molecule has 1 fully saturated rings. The maximum absolute atomic E-state index is 12.6. The standard InChI is InChI=1S/C14H18ClNO4S/c1-9-3-4-11(7-13(9)15)21(19,20)16-6-5-12(14(17)18)10(2)8-16/h3-4,7,10,12H,5-6,8H2,1-2H3,(H,17,18). The maximum Gasteiger partial charge on any atom is 0.306 e. The first-order valence-corrected chi connectivity index (χ1v) is 8.54. The van der Waals surface area contributed by atoms with Gasteiger partial charge in [0.05, 0.1) is 10.8 Å². The fraction of sp³-hybridized carbons (Fsp3) is 0.500. The van der Waals surface area contributed by atoms with E-state index in [1.807, 2.05) is 0 Å². The van der Waals surface area contributed by atoms with Crippen LogP contribution in [0.3, 0.4) is 0 Å². The van der Waals surface area contributed by atoms with E-state index in [1.54, 1.807) is 19.9 Å². The number of hydrogen-bond donors (Lipinski definition) is 1. The first-order valence-electron chi connectivity index (χ1n) is 6.72. The van der Waals surface area contributed by atoms with Crippen molar-refractivity contribution < 1.29 is 18.3 Å². The third-order valence-electron chi connectivity index (χ3n) is 3.97. The van der Waals surface area contributed by atoms with Gasteiger partial charge >= 0.3 is 5.97 Å². The highest BCUT2D eigenvalue weighted by molar-refractivity contribution is 7.89. The topological polar surface area (TPSA) is 74.7 Å². The fourth-order valence-corrected chi connectivity index (χ4v) is 4.40. The molecule has 0 amide bonds. The van der Waals surface area contributed by atoms with E-state index in [2.05, 4.69) is 0 Å². The van der Waals surface area contributed by atoms with Crippen LogP contribution in [-0.4, -0.2) is 36.9 Å².